The van der Waals surface area contributed by atoms with Crippen LogP contribution in [-0.4, -0.2) is 26.5 Å². The summed E-state index contributed by atoms with van der Waals surface area (Å²) in [6, 6.07) is 6.97. The third kappa shape index (κ3) is 3.76. The molecule has 6 heteroatoms. The number of aryl methyl sites for hydroxylation is 2. The van der Waals surface area contributed by atoms with Gasteiger partial charge < -0.3 is 5.32 Å². The number of aromatic nitrogens is 3. The zero-order valence-corrected chi connectivity index (χ0v) is 17.2. The molecule has 152 valence electrons. The molecule has 0 spiro atoms. The Morgan fingerprint density at radius 1 is 1.24 bits per heavy atom. The third-order valence-electron chi connectivity index (χ3n) is 6.21. The van der Waals surface area contributed by atoms with E-state index in [1.807, 2.05) is 19.9 Å². The normalized spacial score (nSPS) is 19.4. The average molecular weight is 394 g/mol. The molecule has 0 unspecified atom stereocenters. The Morgan fingerprint density at radius 2 is 2.00 bits per heavy atom. The molecule has 1 aliphatic carbocycles. The Bertz CT molecular complexity index is 1060. The fourth-order valence-corrected chi connectivity index (χ4v) is 4.34. The summed E-state index contributed by atoms with van der Waals surface area (Å²) >= 11 is 0. The number of hydrogen-bond acceptors (Lipinski definition) is 3. The minimum absolute atomic E-state index is 0.119. The molecule has 1 amide bonds. The van der Waals surface area contributed by atoms with Crippen LogP contribution in [0.25, 0.3) is 5.65 Å². The summed E-state index contributed by atoms with van der Waals surface area (Å²) in [4.78, 5) is 17.6. The minimum atomic E-state index is -0.228. The van der Waals surface area contributed by atoms with Crippen LogP contribution in [0.1, 0.15) is 65.5 Å². The Kier molecular flexibility index (Phi) is 5.35. The van der Waals surface area contributed by atoms with Gasteiger partial charge in [-0.15, -0.1) is 0 Å². The molecule has 1 N–H and O–H groups in total. The van der Waals surface area contributed by atoms with Crippen molar-refractivity contribution < 1.29 is 9.18 Å². The van der Waals surface area contributed by atoms with E-state index in [9.17, 15) is 9.18 Å². The quantitative estimate of drug-likeness (QED) is 0.714. The highest BCUT2D eigenvalue weighted by atomic mass is 19.1. The average Bonchev–Trinajstić information content (AvgIpc) is 3.12. The number of benzene rings is 1. The molecular weight excluding hydrogens is 367 g/mol. The van der Waals surface area contributed by atoms with E-state index in [1.165, 1.54) is 12.5 Å². The van der Waals surface area contributed by atoms with E-state index < -0.39 is 0 Å². The van der Waals surface area contributed by atoms with Gasteiger partial charge in [-0.25, -0.2) is 13.9 Å². The minimum Gasteiger partial charge on any atom is -0.349 e. The largest absolute Gasteiger partial charge is 0.349 e. The smallest absolute Gasteiger partial charge is 0.256 e. The van der Waals surface area contributed by atoms with Crippen LogP contribution in [0.5, 0.6) is 0 Å². The fraction of sp³-hybridized carbons (Fsp3) is 0.435. The van der Waals surface area contributed by atoms with E-state index >= 15 is 0 Å². The van der Waals surface area contributed by atoms with Gasteiger partial charge >= 0.3 is 0 Å². The molecule has 0 bridgehead atoms. The van der Waals surface area contributed by atoms with Crippen molar-refractivity contribution in [2.45, 2.75) is 58.9 Å². The van der Waals surface area contributed by atoms with Gasteiger partial charge in [0.15, 0.2) is 5.65 Å². The Labute approximate surface area is 170 Å². The summed E-state index contributed by atoms with van der Waals surface area (Å²) in [5, 5.41) is 7.60. The Hall–Kier alpha value is -2.76. The van der Waals surface area contributed by atoms with Crippen molar-refractivity contribution in [3.05, 3.63) is 64.4 Å². The Morgan fingerprint density at radius 3 is 2.76 bits per heavy atom. The molecular formula is C23H27FN4O. The predicted molar refractivity (Wildman–Crippen MR) is 111 cm³/mol. The molecule has 0 radical (unpaired) electrons. The van der Waals surface area contributed by atoms with Crippen LogP contribution in [0.2, 0.25) is 0 Å². The molecule has 3 aromatic rings. The van der Waals surface area contributed by atoms with Crippen LogP contribution in [0.15, 0.2) is 30.5 Å². The number of fused-ring (bicyclic) bond motifs is 1. The standard InChI is InChI=1S/C23H27FN4O/c1-14-8-4-7-11-21(14)27-23(29)19-13-25-28-16(3)18(15(2)26-22(19)28)12-17-9-5-6-10-20(17)24/h5-6,9-10,13-14,21H,4,7-8,11-12H2,1-3H3,(H,27,29)/t14-,21-/m0/s1. The first-order chi connectivity index (χ1) is 14.0. The van der Waals surface area contributed by atoms with Gasteiger partial charge in [0.25, 0.3) is 5.91 Å². The lowest BCUT2D eigenvalue weighted by molar-refractivity contribution is 0.0911. The number of carbonyl (C=O) groups is 1. The number of hydrogen-bond donors (Lipinski definition) is 1. The van der Waals surface area contributed by atoms with Gasteiger partial charge in [-0.05, 0) is 49.8 Å². The highest BCUT2D eigenvalue weighted by molar-refractivity contribution is 5.99. The van der Waals surface area contributed by atoms with E-state index in [-0.39, 0.29) is 17.8 Å². The van der Waals surface area contributed by atoms with E-state index in [0.29, 0.717) is 29.1 Å². The van der Waals surface area contributed by atoms with Gasteiger partial charge in [0.05, 0.1) is 6.20 Å². The zero-order valence-electron chi connectivity index (χ0n) is 17.2. The van der Waals surface area contributed by atoms with Crippen LogP contribution >= 0.6 is 0 Å². The molecule has 0 aliphatic heterocycles. The van der Waals surface area contributed by atoms with Crippen molar-refractivity contribution in [2.24, 2.45) is 5.92 Å². The molecule has 4 rings (SSSR count). The lowest BCUT2D eigenvalue weighted by Crippen LogP contribution is -2.41. The first-order valence-electron chi connectivity index (χ1n) is 10.3. The van der Waals surface area contributed by atoms with Crippen LogP contribution in [0.4, 0.5) is 4.39 Å². The van der Waals surface area contributed by atoms with Crippen LogP contribution in [0.3, 0.4) is 0 Å². The van der Waals surface area contributed by atoms with Gasteiger partial charge in [0.1, 0.15) is 11.4 Å². The monoisotopic (exact) mass is 394 g/mol. The van der Waals surface area contributed by atoms with Gasteiger partial charge in [-0.1, -0.05) is 38.0 Å². The van der Waals surface area contributed by atoms with Crippen molar-refractivity contribution >= 4 is 11.6 Å². The topological polar surface area (TPSA) is 59.3 Å². The molecule has 1 aliphatic rings. The van der Waals surface area contributed by atoms with E-state index in [1.54, 1.807) is 22.8 Å². The van der Waals surface area contributed by atoms with Gasteiger partial charge in [0.2, 0.25) is 0 Å². The van der Waals surface area contributed by atoms with Crippen molar-refractivity contribution in [2.75, 3.05) is 0 Å². The number of nitrogens with zero attached hydrogens (tertiary/aromatic N) is 3. The molecule has 2 heterocycles. The second kappa shape index (κ2) is 7.93. The summed E-state index contributed by atoms with van der Waals surface area (Å²) < 4.78 is 15.8. The van der Waals surface area contributed by atoms with Crippen molar-refractivity contribution in [3.63, 3.8) is 0 Å². The maximum atomic E-state index is 14.1. The van der Waals surface area contributed by atoms with E-state index in [0.717, 1.165) is 36.2 Å². The second-order valence-electron chi connectivity index (χ2n) is 8.16. The lowest BCUT2D eigenvalue weighted by Gasteiger charge is -2.29. The fourth-order valence-electron chi connectivity index (χ4n) is 4.34. The molecule has 1 aromatic carbocycles. The SMILES string of the molecule is Cc1nc2c(C(=O)N[C@H]3CCCC[C@@H]3C)cnn2c(C)c1Cc1ccccc1F. The summed E-state index contributed by atoms with van der Waals surface area (Å²) in [5.74, 6) is 0.138. The van der Waals surface area contributed by atoms with Gasteiger partial charge in [-0.3, -0.25) is 4.79 Å². The summed E-state index contributed by atoms with van der Waals surface area (Å²) in [7, 11) is 0. The second-order valence-corrected chi connectivity index (χ2v) is 8.16. The molecule has 29 heavy (non-hydrogen) atoms. The highest BCUT2D eigenvalue weighted by Gasteiger charge is 2.25. The van der Waals surface area contributed by atoms with Crippen molar-refractivity contribution in [1.82, 2.24) is 19.9 Å². The van der Waals surface area contributed by atoms with E-state index in [4.69, 9.17) is 0 Å². The summed E-state index contributed by atoms with van der Waals surface area (Å²) in [5.41, 5.74) is 4.26. The number of rotatable bonds is 4. The van der Waals surface area contributed by atoms with Gasteiger partial charge in [-0.2, -0.15) is 5.10 Å². The molecule has 2 aromatic heterocycles. The Balaban J connectivity index is 1.65. The first-order valence-corrected chi connectivity index (χ1v) is 10.3. The maximum Gasteiger partial charge on any atom is 0.256 e. The first kappa shape index (κ1) is 19.6. The number of nitrogens with one attached hydrogen (secondary N) is 1. The van der Waals surface area contributed by atoms with Crippen molar-refractivity contribution in [1.29, 1.82) is 0 Å². The van der Waals surface area contributed by atoms with Crippen molar-refractivity contribution in [3.8, 4) is 0 Å². The zero-order chi connectivity index (χ0) is 20.5. The molecule has 5 nitrogen and oxygen atoms in total. The van der Waals surface area contributed by atoms with Crippen LogP contribution in [0, 0.1) is 25.6 Å². The molecule has 0 saturated heterocycles. The van der Waals surface area contributed by atoms with Crippen LogP contribution < -0.4 is 5.32 Å². The summed E-state index contributed by atoms with van der Waals surface area (Å²) in [6.07, 6.45) is 6.58. The van der Waals surface area contributed by atoms with Crippen LogP contribution in [-0.2, 0) is 6.42 Å². The third-order valence-corrected chi connectivity index (χ3v) is 6.21. The predicted octanol–water partition coefficient (Wildman–Crippen LogP) is 4.38. The maximum absolute atomic E-state index is 14.1. The van der Waals surface area contributed by atoms with E-state index in [2.05, 4.69) is 22.3 Å². The lowest BCUT2D eigenvalue weighted by atomic mass is 9.86. The highest BCUT2D eigenvalue weighted by Crippen LogP contribution is 2.25. The molecule has 1 saturated carbocycles. The number of amides is 1. The van der Waals surface area contributed by atoms with Gasteiger partial charge in [0, 0.05) is 23.9 Å². The summed E-state index contributed by atoms with van der Waals surface area (Å²) in [6.45, 7) is 6.04. The molecule has 1 fully saturated rings. The molecule has 2 atom stereocenters. The number of halogens is 1. The number of carbonyl (C=O) groups excluding carboxylic acids is 1.